The normalized spacial score (nSPS) is 21.6. The molecule has 2 amide bonds. The lowest BCUT2D eigenvalue weighted by molar-refractivity contribution is -0.138. The summed E-state index contributed by atoms with van der Waals surface area (Å²) in [6.07, 6.45) is 3.33. The second-order valence-corrected chi connectivity index (χ2v) is 5.82. The Morgan fingerprint density at radius 1 is 1.25 bits per heavy atom. The first-order chi connectivity index (χ1) is 9.52. The lowest BCUT2D eigenvalue weighted by Gasteiger charge is -2.38. The molecule has 6 nitrogen and oxygen atoms in total. The summed E-state index contributed by atoms with van der Waals surface area (Å²) in [5.41, 5.74) is 0. The van der Waals surface area contributed by atoms with E-state index in [9.17, 15) is 9.59 Å². The lowest BCUT2D eigenvalue weighted by Crippen LogP contribution is -2.55. The zero-order valence-corrected chi connectivity index (χ0v) is 12.4. The van der Waals surface area contributed by atoms with Gasteiger partial charge in [0.05, 0.1) is 0 Å². The molecular formula is C14H25N3O3. The van der Waals surface area contributed by atoms with Crippen LogP contribution in [0.4, 0.5) is 4.79 Å². The first-order valence-electron chi connectivity index (χ1n) is 7.54. The summed E-state index contributed by atoms with van der Waals surface area (Å²) in [5.74, 6) is -0.949. The summed E-state index contributed by atoms with van der Waals surface area (Å²) in [6.45, 7) is 6.91. The molecule has 2 aliphatic rings. The maximum Gasteiger partial charge on any atom is 0.323 e. The fourth-order valence-corrected chi connectivity index (χ4v) is 2.68. The van der Waals surface area contributed by atoms with Gasteiger partial charge in [-0.25, -0.2) is 4.79 Å². The highest BCUT2D eigenvalue weighted by Gasteiger charge is 2.34. The summed E-state index contributed by atoms with van der Waals surface area (Å²) in [7, 11) is 0. The largest absolute Gasteiger partial charge is 0.480 e. The molecule has 114 valence electrons. The van der Waals surface area contributed by atoms with Crippen LogP contribution in [-0.2, 0) is 4.79 Å². The zero-order chi connectivity index (χ0) is 14.7. The van der Waals surface area contributed by atoms with Crippen LogP contribution in [0.25, 0.3) is 0 Å². The molecule has 1 aliphatic heterocycles. The van der Waals surface area contributed by atoms with Gasteiger partial charge in [-0.15, -0.1) is 0 Å². The van der Waals surface area contributed by atoms with Gasteiger partial charge < -0.3 is 14.9 Å². The highest BCUT2D eigenvalue weighted by molar-refractivity contribution is 5.80. The molecule has 2 rings (SSSR count). The Bertz CT molecular complexity index is 363. The summed E-state index contributed by atoms with van der Waals surface area (Å²) in [5, 5.41) is 8.98. The quantitative estimate of drug-likeness (QED) is 0.820. The summed E-state index contributed by atoms with van der Waals surface area (Å²) >= 11 is 0. The van der Waals surface area contributed by atoms with Crippen molar-refractivity contribution in [2.45, 2.75) is 45.2 Å². The average molecular weight is 283 g/mol. The monoisotopic (exact) mass is 283 g/mol. The van der Waals surface area contributed by atoms with Crippen LogP contribution in [0.5, 0.6) is 0 Å². The fourth-order valence-electron chi connectivity index (χ4n) is 2.68. The van der Waals surface area contributed by atoms with Crippen LogP contribution < -0.4 is 0 Å². The predicted molar refractivity (Wildman–Crippen MR) is 75.7 cm³/mol. The van der Waals surface area contributed by atoms with Gasteiger partial charge in [-0.05, 0) is 26.2 Å². The van der Waals surface area contributed by atoms with Crippen molar-refractivity contribution in [3.05, 3.63) is 0 Å². The van der Waals surface area contributed by atoms with E-state index in [1.54, 1.807) is 4.90 Å². The lowest BCUT2D eigenvalue weighted by atomic mass is 10.2. The minimum absolute atomic E-state index is 0.0416. The van der Waals surface area contributed by atoms with Crippen molar-refractivity contribution in [3.63, 3.8) is 0 Å². The molecule has 0 bridgehead atoms. The Morgan fingerprint density at radius 2 is 1.85 bits per heavy atom. The van der Waals surface area contributed by atoms with Gasteiger partial charge in [-0.3, -0.25) is 9.69 Å². The summed E-state index contributed by atoms with van der Waals surface area (Å²) in [6, 6.07) is 0.564. The molecule has 0 aromatic rings. The molecule has 20 heavy (non-hydrogen) atoms. The second-order valence-electron chi connectivity index (χ2n) is 5.82. The van der Waals surface area contributed by atoms with Crippen molar-refractivity contribution >= 4 is 12.0 Å². The van der Waals surface area contributed by atoms with Crippen LogP contribution in [0.2, 0.25) is 0 Å². The molecule has 1 aliphatic carbocycles. The number of amides is 2. The van der Waals surface area contributed by atoms with Crippen molar-refractivity contribution in [2.75, 3.05) is 32.7 Å². The average Bonchev–Trinajstić information content (AvgIpc) is 3.28. The van der Waals surface area contributed by atoms with Gasteiger partial charge in [0.25, 0.3) is 0 Å². The van der Waals surface area contributed by atoms with E-state index in [2.05, 4.69) is 4.90 Å². The van der Waals surface area contributed by atoms with E-state index in [1.807, 2.05) is 13.8 Å². The molecule has 1 saturated heterocycles. The van der Waals surface area contributed by atoms with Crippen molar-refractivity contribution in [1.29, 1.82) is 0 Å². The third-order valence-corrected chi connectivity index (χ3v) is 4.32. The van der Waals surface area contributed by atoms with E-state index in [4.69, 9.17) is 5.11 Å². The molecular weight excluding hydrogens is 258 g/mol. The maximum atomic E-state index is 12.5. The topological polar surface area (TPSA) is 64.1 Å². The van der Waals surface area contributed by atoms with E-state index in [0.29, 0.717) is 13.1 Å². The Morgan fingerprint density at radius 3 is 2.30 bits per heavy atom. The number of hydrogen-bond donors (Lipinski definition) is 1. The van der Waals surface area contributed by atoms with Crippen LogP contribution >= 0.6 is 0 Å². The third kappa shape index (κ3) is 3.62. The predicted octanol–water partition coefficient (Wildman–Crippen LogP) is 1.07. The molecule has 1 heterocycles. The number of aliphatic carboxylic acids is 1. The number of rotatable bonds is 5. The first kappa shape index (κ1) is 15.1. The standard InChI is InChI=1S/C14H25N3O3/c1-3-11(2)17(10-13(18)19)14(20)16-8-6-15(7-9-16)12-4-5-12/h11-12H,3-10H2,1-2H3,(H,18,19). The Labute approximate surface area is 120 Å². The van der Waals surface area contributed by atoms with E-state index < -0.39 is 5.97 Å². The second kappa shape index (κ2) is 6.43. The molecule has 0 aromatic heterocycles. The van der Waals surface area contributed by atoms with E-state index in [1.165, 1.54) is 17.7 Å². The van der Waals surface area contributed by atoms with E-state index >= 15 is 0 Å². The minimum atomic E-state index is -0.949. The SMILES string of the molecule is CCC(C)N(CC(=O)O)C(=O)N1CCN(C2CC2)CC1. The number of carbonyl (C=O) groups is 2. The van der Waals surface area contributed by atoms with Crippen molar-refractivity contribution in [3.8, 4) is 0 Å². The van der Waals surface area contributed by atoms with Crippen molar-refractivity contribution in [2.24, 2.45) is 0 Å². The number of carboxylic acids is 1. The van der Waals surface area contributed by atoms with Crippen molar-refractivity contribution < 1.29 is 14.7 Å². The molecule has 6 heteroatoms. The van der Waals surface area contributed by atoms with Gasteiger partial charge in [0.2, 0.25) is 0 Å². The summed E-state index contributed by atoms with van der Waals surface area (Å²) < 4.78 is 0. The van der Waals surface area contributed by atoms with Crippen LogP contribution in [0, 0.1) is 0 Å². The fraction of sp³-hybridized carbons (Fsp3) is 0.857. The van der Waals surface area contributed by atoms with Gasteiger partial charge in [0.15, 0.2) is 0 Å². The number of piperazine rings is 1. The number of carbonyl (C=O) groups excluding carboxylic acids is 1. The van der Waals surface area contributed by atoms with Crippen LogP contribution in [-0.4, -0.2) is 76.6 Å². The minimum Gasteiger partial charge on any atom is -0.480 e. The van der Waals surface area contributed by atoms with Crippen molar-refractivity contribution in [1.82, 2.24) is 14.7 Å². The van der Waals surface area contributed by atoms with Gasteiger partial charge in [-0.2, -0.15) is 0 Å². The molecule has 2 fully saturated rings. The Balaban J connectivity index is 1.91. The number of nitrogens with zero attached hydrogens (tertiary/aromatic N) is 3. The first-order valence-corrected chi connectivity index (χ1v) is 7.54. The smallest absolute Gasteiger partial charge is 0.323 e. The molecule has 1 atom stereocenters. The Hall–Kier alpha value is -1.30. The van der Waals surface area contributed by atoms with Crippen LogP contribution in [0.3, 0.4) is 0 Å². The highest BCUT2D eigenvalue weighted by Crippen LogP contribution is 2.27. The molecule has 1 N–H and O–H groups in total. The third-order valence-electron chi connectivity index (χ3n) is 4.32. The van der Waals surface area contributed by atoms with E-state index in [0.717, 1.165) is 25.6 Å². The molecule has 0 aromatic carbocycles. The number of hydrogen-bond acceptors (Lipinski definition) is 3. The van der Waals surface area contributed by atoms with Gasteiger partial charge in [0.1, 0.15) is 6.54 Å². The van der Waals surface area contributed by atoms with Gasteiger partial charge >= 0.3 is 12.0 Å². The number of urea groups is 1. The molecule has 1 unspecified atom stereocenters. The van der Waals surface area contributed by atoms with Gasteiger partial charge in [-0.1, -0.05) is 6.92 Å². The maximum absolute atomic E-state index is 12.5. The Kier molecular flexibility index (Phi) is 4.86. The highest BCUT2D eigenvalue weighted by atomic mass is 16.4. The number of carboxylic acid groups (broad SMARTS) is 1. The zero-order valence-electron chi connectivity index (χ0n) is 12.4. The summed E-state index contributed by atoms with van der Waals surface area (Å²) in [4.78, 5) is 29.2. The van der Waals surface area contributed by atoms with Crippen LogP contribution in [0.15, 0.2) is 0 Å². The van der Waals surface area contributed by atoms with Gasteiger partial charge in [0, 0.05) is 38.3 Å². The molecule has 0 spiro atoms. The molecule has 0 radical (unpaired) electrons. The van der Waals surface area contributed by atoms with E-state index in [-0.39, 0.29) is 18.6 Å². The van der Waals surface area contributed by atoms with Crippen LogP contribution in [0.1, 0.15) is 33.1 Å². The molecule has 1 saturated carbocycles.